The zero-order valence-electron chi connectivity index (χ0n) is 56.4. The summed E-state index contributed by atoms with van der Waals surface area (Å²) in [6.07, 6.45) is 9.88. The smallest absolute Gasteiger partial charge is 0.334 e. The standard InChI is InChI=1S/3C21H17N2O2.C20H15N2O2/c1-12-10-16-18(11-15(12)21-22-13(2)8-9-23(21)3)25-19-14-6-4-5-7-17(14)24-20(16)19;2*1-12-8-9-15-18(17(12)21-22-13(2)10-11-23(21)3)25-19-14-6-4-5-7-16(14)24-20(15)19;1-12-10-15-17(11-14(12)20-21-8-5-9-22(20)2)24-18-13-6-3-4-7-16(13)23-19(15)18/h3*4-11H,1-3H3;3-11H,1-2H3/q4*+1. The third-order valence-corrected chi connectivity index (χ3v) is 18.7. The van der Waals surface area contributed by atoms with Crippen LogP contribution in [0.4, 0.5) is 0 Å². The van der Waals surface area contributed by atoms with Crippen LogP contribution in [0.15, 0.2) is 236 Å². The lowest BCUT2D eigenvalue weighted by Gasteiger charge is -2.04. The summed E-state index contributed by atoms with van der Waals surface area (Å²) in [5.74, 6) is 3.62. The third-order valence-electron chi connectivity index (χ3n) is 18.7. The van der Waals surface area contributed by atoms with E-state index in [-0.39, 0.29) is 0 Å². The molecule has 16 heteroatoms. The first-order valence-corrected chi connectivity index (χ1v) is 32.8. The van der Waals surface area contributed by atoms with Crippen LogP contribution in [0.2, 0.25) is 0 Å². The van der Waals surface area contributed by atoms with Gasteiger partial charge in [0.25, 0.3) is 0 Å². The normalized spacial score (nSPS) is 11.8. The van der Waals surface area contributed by atoms with Gasteiger partial charge in [-0.2, -0.15) is 0 Å². The largest absolute Gasteiger partial charge is 0.452 e. The van der Waals surface area contributed by atoms with Gasteiger partial charge in [0, 0.05) is 45.0 Å². The quantitative estimate of drug-likeness (QED) is 0.153. The predicted octanol–water partition coefficient (Wildman–Crippen LogP) is 19.0. The minimum atomic E-state index is 0.799. The zero-order valence-corrected chi connectivity index (χ0v) is 56.4. The van der Waals surface area contributed by atoms with E-state index in [1.807, 2.05) is 213 Å². The molecule has 20 aromatic rings. The summed E-state index contributed by atoms with van der Waals surface area (Å²) >= 11 is 0. The van der Waals surface area contributed by atoms with Crippen LogP contribution in [0, 0.1) is 48.5 Å². The van der Waals surface area contributed by atoms with E-state index in [0.29, 0.717) is 0 Å². The Kier molecular flexibility index (Phi) is 14.2. The van der Waals surface area contributed by atoms with Crippen LogP contribution >= 0.6 is 0 Å². The Morgan fingerprint density at radius 2 is 0.576 bits per heavy atom. The molecule has 0 unspecified atom stereocenters. The number of hydrogen-bond acceptors (Lipinski definition) is 12. The molecular weight excluding hydrogens is 1240 g/mol. The van der Waals surface area contributed by atoms with Crippen molar-refractivity contribution in [2.24, 2.45) is 28.2 Å². The fourth-order valence-corrected chi connectivity index (χ4v) is 13.6. The second-order valence-electron chi connectivity index (χ2n) is 25.6. The van der Waals surface area contributed by atoms with Gasteiger partial charge < -0.3 is 35.3 Å². The van der Waals surface area contributed by atoms with Crippen molar-refractivity contribution in [3.8, 4) is 45.6 Å². The van der Waals surface area contributed by atoms with Crippen molar-refractivity contribution >= 4 is 132 Å². The number of rotatable bonds is 4. The Labute approximate surface area is 565 Å². The first kappa shape index (κ1) is 60.1. The summed E-state index contributed by atoms with van der Waals surface area (Å²) < 4.78 is 57.2. The molecule has 0 fully saturated rings. The molecule has 0 saturated carbocycles. The molecule has 0 amide bonds. The first-order chi connectivity index (χ1) is 48.1. The molecule has 482 valence electrons. The van der Waals surface area contributed by atoms with Crippen molar-refractivity contribution in [3.05, 3.63) is 240 Å². The average Bonchev–Trinajstić information content (AvgIpc) is 1.61. The molecule has 0 aliphatic carbocycles. The van der Waals surface area contributed by atoms with Crippen LogP contribution in [-0.4, -0.2) is 19.9 Å². The van der Waals surface area contributed by atoms with Gasteiger partial charge in [-0.05, 0) is 155 Å². The number of para-hydroxylation sites is 4. The first-order valence-electron chi connectivity index (χ1n) is 32.8. The van der Waals surface area contributed by atoms with Crippen LogP contribution < -0.4 is 18.3 Å². The fraction of sp³-hybridized carbons (Fsp3) is 0.133. The van der Waals surface area contributed by atoms with Crippen LogP contribution in [0.1, 0.15) is 39.3 Å². The van der Waals surface area contributed by atoms with E-state index in [9.17, 15) is 0 Å². The molecule has 0 aliphatic heterocycles. The van der Waals surface area contributed by atoms with E-state index in [2.05, 4.69) is 81.2 Å². The molecule has 8 aromatic carbocycles. The molecule has 12 aromatic heterocycles. The Balaban J connectivity index is 0.0000000990. The Morgan fingerprint density at radius 1 is 0.253 bits per heavy atom. The predicted molar refractivity (Wildman–Crippen MR) is 385 cm³/mol. The van der Waals surface area contributed by atoms with E-state index in [1.165, 1.54) is 0 Å². The summed E-state index contributed by atoms with van der Waals surface area (Å²) in [6, 6.07) is 56.5. The molecule has 0 N–H and O–H groups in total. The number of aryl methyl sites for hydroxylation is 11. The summed E-state index contributed by atoms with van der Waals surface area (Å²) in [5.41, 5.74) is 24.8. The lowest BCUT2D eigenvalue weighted by atomic mass is 10.0. The summed E-state index contributed by atoms with van der Waals surface area (Å²) in [4.78, 5) is 18.7. The maximum absolute atomic E-state index is 6.32. The Bertz CT molecular complexity index is 6460. The maximum atomic E-state index is 6.32. The SMILES string of the molecule is Cc1cc2c(cc1-c1nccc[n+]1C)oc1c3ccccc3oc21.Cc1cc[n+](C)c(-c2c(C)ccc3c2oc2c4ccccc4oc32)n1.Cc1cc[n+](C)c(-c2c(C)ccc3c2oc2c4ccccc4oc32)n1.Cc1cc[n+](C)c(-c2cc3oc4c5ccccc5oc4c3cc2C)n1. The monoisotopic (exact) mass is 1300 g/mol. The molecule has 0 radical (unpaired) electrons. The van der Waals surface area contributed by atoms with Gasteiger partial charge in [-0.3, -0.25) is 0 Å². The van der Waals surface area contributed by atoms with E-state index >= 15 is 0 Å². The van der Waals surface area contributed by atoms with Gasteiger partial charge in [0.2, 0.25) is 0 Å². The Morgan fingerprint density at radius 3 is 0.980 bits per heavy atom. The second-order valence-corrected chi connectivity index (χ2v) is 25.6. The molecule has 20 rings (SSSR count). The van der Waals surface area contributed by atoms with Crippen molar-refractivity contribution < 1.29 is 53.6 Å². The van der Waals surface area contributed by atoms with Crippen molar-refractivity contribution in [3.63, 3.8) is 0 Å². The van der Waals surface area contributed by atoms with E-state index in [0.717, 1.165) is 217 Å². The number of furan rings is 8. The highest BCUT2D eigenvalue weighted by Crippen LogP contribution is 2.45. The van der Waals surface area contributed by atoms with Crippen LogP contribution in [0.25, 0.3) is 178 Å². The highest BCUT2D eigenvalue weighted by Gasteiger charge is 2.29. The molecule has 12 heterocycles. The molecule has 0 saturated heterocycles. The highest BCUT2D eigenvalue weighted by atomic mass is 16.4. The summed E-state index contributed by atoms with van der Waals surface area (Å²) in [6.45, 7) is 14.4. The molecule has 99 heavy (non-hydrogen) atoms. The molecule has 16 nitrogen and oxygen atoms in total. The van der Waals surface area contributed by atoms with Crippen molar-refractivity contribution in [2.75, 3.05) is 0 Å². The van der Waals surface area contributed by atoms with E-state index in [4.69, 9.17) is 50.3 Å². The number of aromatic nitrogens is 8. The highest BCUT2D eigenvalue weighted by molar-refractivity contribution is 6.17. The Hall–Kier alpha value is -12.6. The average molecular weight is 1300 g/mol. The number of fused-ring (bicyclic) bond motifs is 20. The van der Waals surface area contributed by atoms with Gasteiger partial charge >= 0.3 is 23.3 Å². The van der Waals surface area contributed by atoms with E-state index < -0.39 is 0 Å². The van der Waals surface area contributed by atoms with E-state index in [1.54, 1.807) is 6.20 Å². The maximum Gasteiger partial charge on any atom is 0.334 e. The zero-order chi connectivity index (χ0) is 67.6. The molecule has 0 bridgehead atoms. The molecule has 0 aliphatic rings. The van der Waals surface area contributed by atoms with Gasteiger partial charge in [-0.1, -0.05) is 60.7 Å². The third kappa shape index (κ3) is 10.0. The summed E-state index contributed by atoms with van der Waals surface area (Å²) in [5, 5.41) is 7.98. The topological polar surface area (TPSA) is 172 Å². The van der Waals surface area contributed by atoms with Gasteiger partial charge in [0.1, 0.15) is 50.8 Å². The minimum absolute atomic E-state index is 0.799. The lowest BCUT2D eigenvalue weighted by molar-refractivity contribution is -0.663. The minimum Gasteiger partial charge on any atom is -0.452 e. The number of hydrogen-bond donors (Lipinski definition) is 0. The molecule has 0 spiro atoms. The van der Waals surface area contributed by atoms with Crippen molar-refractivity contribution in [2.45, 2.75) is 48.5 Å². The van der Waals surface area contributed by atoms with Crippen molar-refractivity contribution in [1.29, 1.82) is 0 Å². The van der Waals surface area contributed by atoms with Gasteiger partial charge in [-0.25, -0.2) is 18.3 Å². The fourth-order valence-electron chi connectivity index (χ4n) is 13.6. The van der Waals surface area contributed by atoms with Crippen LogP contribution in [0.3, 0.4) is 0 Å². The molecular formula is C83H66N8O8+4. The van der Waals surface area contributed by atoms with Crippen LogP contribution in [0.5, 0.6) is 0 Å². The van der Waals surface area contributed by atoms with Crippen LogP contribution in [-0.2, 0) is 28.2 Å². The summed E-state index contributed by atoms with van der Waals surface area (Å²) in [7, 11) is 8.01. The second kappa shape index (κ2) is 23.4. The molecule has 0 atom stereocenters. The number of benzene rings is 8. The van der Waals surface area contributed by atoms with Crippen molar-refractivity contribution in [1.82, 2.24) is 19.9 Å². The number of nitrogens with zero attached hydrogens (tertiary/aromatic N) is 8. The lowest BCUT2D eigenvalue weighted by Crippen LogP contribution is -2.32. The van der Waals surface area contributed by atoms with Gasteiger partial charge in [-0.15, -0.1) is 0 Å². The van der Waals surface area contributed by atoms with Gasteiger partial charge in [0.05, 0.1) is 107 Å². The van der Waals surface area contributed by atoms with Gasteiger partial charge in [0.15, 0.2) is 72.9 Å².